The minimum Gasteiger partial charge on any atom is -0.458 e. The molecule has 10 amide bonds. The molecule has 4 saturated heterocycles. The number of oxazole rings is 1. The first-order valence-electron chi connectivity index (χ1n) is 33.4. The molecule has 0 spiro atoms. The fourth-order valence-electron chi connectivity index (χ4n) is 13.6. The Morgan fingerprint density at radius 1 is 0.566 bits per heavy atom. The third kappa shape index (κ3) is 14.2. The van der Waals surface area contributed by atoms with E-state index in [1.807, 2.05) is 0 Å². The normalized spacial score (nSPS) is 25.0. The van der Waals surface area contributed by atoms with Gasteiger partial charge in [0, 0.05) is 58.0 Å². The topological polar surface area (TPSA) is 386 Å². The lowest BCUT2D eigenvalue weighted by molar-refractivity contribution is -0.163. The molecule has 4 fully saturated rings. The number of benzene rings is 3. The lowest BCUT2D eigenvalue weighted by atomic mass is 9.98. The monoisotopic (exact) mass is 1370 g/mol. The van der Waals surface area contributed by atoms with Crippen LogP contribution in [0.15, 0.2) is 44.0 Å². The van der Waals surface area contributed by atoms with E-state index >= 15 is 19.2 Å². The van der Waals surface area contributed by atoms with Crippen LogP contribution in [0.2, 0.25) is 0 Å². The lowest BCUT2D eigenvalue weighted by Crippen LogP contribution is -2.61. The summed E-state index contributed by atoms with van der Waals surface area (Å²) in [7, 11) is 5.57. The van der Waals surface area contributed by atoms with Gasteiger partial charge < -0.3 is 74.7 Å². The Hall–Kier alpha value is -10.0. The molecule has 2 aromatic carbocycles. The number of nitrogens with one attached hydrogen (secondary N) is 4. The Bertz CT molecular complexity index is 4110. The average molecular weight is 1370 g/mol. The average Bonchev–Trinajstić information content (AvgIpc) is 1.71. The number of nitrogen functional groups attached to an aromatic ring is 1. The molecule has 10 atom stereocenters. The molecule has 3 aromatic rings. The predicted octanol–water partition coefficient (Wildman–Crippen LogP) is 2.53. The molecule has 99 heavy (non-hydrogen) atoms. The van der Waals surface area contributed by atoms with Crippen molar-refractivity contribution in [3.63, 3.8) is 0 Å². The van der Waals surface area contributed by atoms with Gasteiger partial charge in [0.05, 0.1) is 29.9 Å². The fourth-order valence-corrected chi connectivity index (χ4v) is 13.6. The number of hydrogen-bond donors (Lipinski definition) is 5. The molecule has 1 aliphatic carbocycles. The van der Waals surface area contributed by atoms with Crippen LogP contribution < -0.4 is 32.4 Å². The summed E-state index contributed by atoms with van der Waals surface area (Å²) in [5.41, 5.74) is 2.99. The van der Waals surface area contributed by atoms with Gasteiger partial charge >= 0.3 is 11.9 Å². The smallest absolute Gasteiger partial charge is 0.329 e. The SMILES string of the molecule is Cc1c2oc3c(C)c4oc(-c5ccccc5)nc4c(C(=O)N[C@@H]4C(=O)N[C@H](C(C)C)C(=O)N5CCC[C@H]5C(=O)N(C)CC(=O)N(C)[C@@H](C(C)C)C(=O)O[C@@H]4C)c3nc-2c(C(=O)N[C@@H]2C(=O)N[C@H](C(C)C)C(=O)N3CCC[C@H]3C(=O)N(C)CC(=O)N(C)[C@@H](C(C)C)C(=O)O[C@@H]2C)c(N)c1=O. The molecule has 0 unspecified atom stereocenters. The molecule has 6 N–H and O–H groups in total. The number of carbonyl (C=O) groups is 12. The van der Waals surface area contributed by atoms with E-state index in [0.29, 0.717) is 18.4 Å². The van der Waals surface area contributed by atoms with Gasteiger partial charge in [0.1, 0.15) is 77.3 Å². The van der Waals surface area contributed by atoms with Gasteiger partial charge in [0.2, 0.25) is 58.6 Å². The van der Waals surface area contributed by atoms with Crippen molar-refractivity contribution in [2.75, 3.05) is 60.1 Å². The van der Waals surface area contributed by atoms with Crippen LogP contribution in [0.3, 0.4) is 0 Å². The zero-order valence-electron chi connectivity index (χ0n) is 58.7. The van der Waals surface area contributed by atoms with Crippen LogP contribution in [0.1, 0.15) is 127 Å². The summed E-state index contributed by atoms with van der Waals surface area (Å²) < 4.78 is 25.1. The second kappa shape index (κ2) is 29.2. The summed E-state index contributed by atoms with van der Waals surface area (Å²) in [5, 5.41) is 10.8. The lowest BCUT2D eigenvalue weighted by Gasteiger charge is -2.36. The highest BCUT2D eigenvalue weighted by Crippen LogP contribution is 2.40. The molecule has 6 aliphatic rings. The van der Waals surface area contributed by atoms with Gasteiger partial charge in [-0.1, -0.05) is 73.6 Å². The zero-order chi connectivity index (χ0) is 72.8. The highest BCUT2D eigenvalue weighted by molar-refractivity contribution is 6.17. The number of nitrogens with zero attached hydrogens (tertiary/aromatic N) is 8. The van der Waals surface area contributed by atoms with E-state index < -0.39 is 196 Å². The summed E-state index contributed by atoms with van der Waals surface area (Å²) in [6.07, 6.45) is -1.87. The van der Waals surface area contributed by atoms with Crippen molar-refractivity contribution < 1.29 is 75.8 Å². The molecule has 5 aliphatic heterocycles. The maximum atomic E-state index is 16.0. The summed E-state index contributed by atoms with van der Waals surface area (Å²) in [6.45, 7) is 18.1. The van der Waals surface area contributed by atoms with Crippen LogP contribution >= 0.6 is 0 Å². The Morgan fingerprint density at radius 2 is 0.990 bits per heavy atom. The number of hydrogen-bond acceptors (Lipinski definition) is 20. The largest absolute Gasteiger partial charge is 0.458 e. The molecule has 30 heteroatoms. The second-order valence-corrected chi connectivity index (χ2v) is 27.7. The maximum absolute atomic E-state index is 16.0. The van der Waals surface area contributed by atoms with Crippen LogP contribution in [0.5, 0.6) is 0 Å². The number of esters is 2. The molecular formula is C69H89N13O17. The standard InChI is InChI=1S/C69H89N13O17/c1-30(2)46-66(92)81-26-20-24-39(81)64(90)77(13)28-41(83)79(15)53(32(5)6)68(94)96-36(11)48(61(88)72-46)74-59(86)43-45(70)55(85)34(9)56-50(43)71-51-44(52-58(35(10)57(51)98-56)99-63(76-52)38-22-18-17-19-23-38)60(87)75-49-37(12)97-69(95)54(33(7)8)80(16)42(84)29-78(14)65(91)40-25-21-27-82(40)67(93)47(31(3)4)73-62(49)89/h17-19,22-23,30-33,36-37,39-40,46-49,53-54H,20-21,24-29,70H2,1-16H3,(H,72,88)(H,73,89)(H,74,86)(H,75,87)/t36-,37-,39+,40+,46-,47-,48+,49+,53+,54+/m1/s1. The number of fused-ring (bicyclic) bond motifs is 5. The second-order valence-electron chi connectivity index (χ2n) is 27.7. The molecule has 9 rings (SSSR count). The number of carbonyl (C=O) groups excluding carboxylic acids is 12. The predicted molar refractivity (Wildman–Crippen MR) is 358 cm³/mol. The number of cyclic esters (lactones) is 2. The van der Waals surface area contributed by atoms with Crippen molar-refractivity contribution in [1.82, 2.24) is 60.6 Å². The molecule has 0 saturated carbocycles. The Labute approximate surface area is 572 Å². The van der Waals surface area contributed by atoms with Crippen molar-refractivity contribution >= 4 is 98.9 Å². The number of likely N-dealkylation sites (N-methyl/N-ethyl adjacent to an activating group) is 4. The summed E-state index contributed by atoms with van der Waals surface area (Å²) in [6, 6.07) is -2.56. The number of aryl methyl sites for hydroxylation is 1. The Kier molecular flexibility index (Phi) is 21.6. The van der Waals surface area contributed by atoms with E-state index in [2.05, 4.69) is 21.3 Å². The van der Waals surface area contributed by atoms with Crippen LogP contribution in [0, 0.1) is 37.5 Å². The van der Waals surface area contributed by atoms with Gasteiger partial charge in [-0.15, -0.1) is 0 Å². The third-order valence-corrected chi connectivity index (χ3v) is 19.2. The molecule has 6 heterocycles. The van der Waals surface area contributed by atoms with Crippen molar-refractivity contribution in [2.24, 2.45) is 23.7 Å². The van der Waals surface area contributed by atoms with Gasteiger partial charge in [-0.2, -0.15) is 0 Å². The highest BCUT2D eigenvalue weighted by atomic mass is 16.6. The summed E-state index contributed by atoms with van der Waals surface area (Å²) in [5.74, 6) is -13.0. The van der Waals surface area contributed by atoms with Gasteiger partial charge in [-0.25, -0.2) is 19.6 Å². The minimum absolute atomic E-state index is 0.0145. The first-order chi connectivity index (χ1) is 46.6. The molecule has 1 aromatic heterocycles. The van der Waals surface area contributed by atoms with Crippen LogP contribution in [0.4, 0.5) is 5.69 Å². The number of anilines is 1. The van der Waals surface area contributed by atoms with Crippen molar-refractivity contribution in [2.45, 2.75) is 169 Å². The third-order valence-electron chi connectivity index (χ3n) is 19.2. The highest BCUT2D eigenvalue weighted by Gasteiger charge is 2.47. The van der Waals surface area contributed by atoms with Gasteiger partial charge in [-0.3, -0.25) is 52.7 Å². The van der Waals surface area contributed by atoms with Crippen molar-refractivity contribution in [3.8, 4) is 22.9 Å². The quantitative estimate of drug-likeness (QED) is 0.0804. The van der Waals surface area contributed by atoms with Crippen molar-refractivity contribution in [3.05, 3.63) is 62.8 Å². The van der Waals surface area contributed by atoms with Crippen molar-refractivity contribution in [1.29, 1.82) is 0 Å². The van der Waals surface area contributed by atoms with Gasteiger partial charge in [-0.05, 0) is 89.2 Å². The Morgan fingerprint density at radius 3 is 1.42 bits per heavy atom. The van der Waals surface area contributed by atoms with Crippen LogP contribution in [-0.4, -0.2) is 225 Å². The van der Waals surface area contributed by atoms with E-state index in [4.69, 9.17) is 34.0 Å². The Balaban J connectivity index is 1.21. The number of amides is 10. The van der Waals surface area contributed by atoms with E-state index in [0.717, 1.165) is 9.80 Å². The molecular weight excluding hydrogens is 1280 g/mol. The van der Waals surface area contributed by atoms with Crippen LogP contribution in [0.25, 0.3) is 45.1 Å². The first kappa shape index (κ1) is 73.2. The minimum atomic E-state index is -1.93. The zero-order valence-corrected chi connectivity index (χ0v) is 58.7. The summed E-state index contributed by atoms with van der Waals surface area (Å²) in [4.78, 5) is 208. The van der Waals surface area contributed by atoms with Gasteiger partial charge in [0.15, 0.2) is 16.9 Å². The van der Waals surface area contributed by atoms with Crippen LogP contribution in [-0.2, 0) is 57.4 Å². The first-order valence-corrected chi connectivity index (χ1v) is 33.4. The number of aromatic nitrogens is 2. The van der Waals surface area contributed by atoms with E-state index in [1.54, 1.807) is 92.6 Å². The summed E-state index contributed by atoms with van der Waals surface area (Å²) >= 11 is 0. The fraction of sp³-hybridized carbons (Fsp3) is 0.551. The molecule has 0 radical (unpaired) electrons. The molecule has 532 valence electrons. The maximum Gasteiger partial charge on any atom is 0.329 e. The number of ether oxygens (including phenoxy) is 2. The molecule has 0 bridgehead atoms. The molecule has 30 nitrogen and oxygen atoms in total. The van der Waals surface area contributed by atoms with E-state index in [1.165, 1.54) is 68.6 Å². The van der Waals surface area contributed by atoms with Gasteiger partial charge in [0.25, 0.3) is 11.8 Å². The van der Waals surface area contributed by atoms with E-state index in [9.17, 15) is 43.2 Å². The number of nitrogens with two attached hydrogens (primary N) is 1. The van der Waals surface area contributed by atoms with E-state index in [-0.39, 0.29) is 70.9 Å². The number of rotatable bonds is 9.